The number of carbonyl (C=O) groups is 1. The average Bonchev–Trinajstić information content (AvgIpc) is 2.85. The van der Waals surface area contributed by atoms with Crippen molar-refractivity contribution in [3.8, 4) is 11.5 Å². The van der Waals surface area contributed by atoms with Crippen LogP contribution in [0, 0.1) is 6.92 Å². The number of fused-ring (bicyclic) bond motifs is 1. The molecule has 0 atom stereocenters. The highest BCUT2D eigenvalue weighted by Gasteiger charge is 2.23. The van der Waals surface area contributed by atoms with E-state index >= 15 is 0 Å². The molecule has 0 saturated heterocycles. The van der Waals surface area contributed by atoms with Gasteiger partial charge in [0.15, 0.2) is 5.75 Å². The van der Waals surface area contributed by atoms with Gasteiger partial charge in [0.2, 0.25) is 0 Å². The molecule has 0 aliphatic rings. The van der Waals surface area contributed by atoms with E-state index in [1.54, 1.807) is 43.3 Å². The molecule has 0 aliphatic heterocycles. The van der Waals surface area contributed by atoms with Crippen molar-refractivity contribution in [3.05, 3.63) is 81.8 Å². The van der Waals surface area contributed by atoms with Gasteiger partial charge >= 0.3 is 0 Å². The van der Waals surface area contributed by atoms with E-state index < -0.39 is 26.7 Å². The molecule has 4 aromatic carbocycles. The zero-order valence-corrected chi connectivity index (χ0v) is 21.7. The first-order valence-electron chi connectivity index (χ1n) is 10.6. The summed E-state index contributed by atoms with van der Waals surface area (Å²) in [7, 11) is -3.32. The summed E-state index contributed by atoms with van der Waals surface area (Å²) in [6.07, 6.45) is 0. The van der Waals surface area contributed by atoms with Gasteiger partial charge in [-0.2, -0.15) is 8.42 Å². The van der Waals surface area contributed by atoms with E-state index in [9.17, 15) is 22.9 Å². The van der Waals surface area contributed by atoms with Crippen molar-refractivity contribution in [2.45, 2.75) is 11.8 Å². The summed E-state index contributed by atoms with van der Waals surface area (Å²) in [5, 5.41) is 23.0. The zero-order valence-electron chi connectivity index (χ0n) is 19.4. The number of phenols is 1. The summed E-state index contributed by atoms with van der Waals surface area (Å²) in [5.41, 5.74) is 0.252. The fourth-order valence-electron chi connectivity index (χ4n) is 3.66. The monoisotopic (exact) mass is 559 g/mol. The molecule has 12 heteroatoms. The number of nitrogens with one attached hydrogen (secondary N) is 1. The van der Waals surface area contributed by atoms with Crippen LogP contribution in [-0.2, 0) is 10.1 Å². The molecule has 37 heavy (non-hydrogen) atoms. The topological polar surface area (TPSA) is 138 Å². The molecular formula is C25H19Cl2N3O6S. The van der Waals surface area contributed by atoms with Crippen LogP contribution in [0.1, 0.15) is 15.9 Å². The van der Waals surface area contributed by atoms with Gasteiger partial charge in [-0.3, -0.25) is 9.35 Å². The number of phenolic OH excluding ortho intramolecular Hbond substituents is 1. The number of aryl methyl sites for hydroxylation is 1. The van der Waals surface area contributed by atoms with Gasteiger partial charge in [0, 0.05) is 16.5 Å². The normalized spacial score (nSPS) is 11.7. The summed E-state index contributed by atoms with van der Waals surface area (Å²) >= 11 is 12.0. The van der Waals surface area contributed by atoms with Crippen LogP contribution in [0.5, 0.6) is 11.5 Å². The molecule has 190 valence electrons. The number of methoxy groups -OCH3 is 1. The molecule has 1 amide bonds. The van der Waals surface area contributed by atoms with Crippen molar-refractivity contribution in [1.29, 1.82) is 0 Å². The van der Waals surface area contributed by atoms with Crippen LogP contribution < -0.4 is 10.1 Å². The molecule has 4 aromatic rings. The molecular weight excluding hydrogens is 541 g/mol. The second-order valence-electron chi connectivity index (χ2n) is 7.86. The van der Waals surface area contributed by atoms with Gasteiger partial charge in [0.05, 0.1) is 23.4 Å². The number of anilines is 1. The quantitative estimate of drug-likeness (QED) is 0.170. The number of amides is 1. The van der Waals surface area contributed by atoms with Gasteiger partial charge in [0.25, 0.3) is 16.0 Å². The Hall–Kier alpha value is -3.70. The Kier molecular flexibility index (Phi) is 7.37. The van der Waals surface area contributed by atoms with E-state index in [1.165, 1.54) is 31.4 Å². The molecule has 0 aliphatic carbocycles. The number of hydrogen-bond acceptors (Lipinski definition) is 7. The molecule has 0 heterocycles. The first-order valence-corrected chi connectivity index (χ1v) is 12.8. The minimum atomic E-state index is -4.74. The Labute approximate surface area is 222 Å². The van der Waals surface area contributed by atoms with Gasteiger partial charge < -0.3 is 15.2 Å². The number of hydrogen-bond donors (Lipinski definition) is 3. The fraction of sp³-hybridized carbons (Fsp3) is 0.0800. The second kappa shape index (κ2) is 10.3. The third-order valence-electron chi connectivity index (χ3n) is 5.44. The Balaban J connectivity index is 1.86. The molecule has 0 spiro atoms. The Morgan fingerprint density at radius 2 is 1.70 bits per heavy atom. The molecule has 0 saturated carbocycles. The predicted molar refractivity (Wildman–Crippen MR) is 142 cm³/mol. The fourth-order valence-corrected chi connectivity index (χ4v) is 5.03. The molecule has 0 bridgehead atoms. The third-order valence-corrected chi connectivity index (χ3v) is 7.04. The average molecular weight is 560 g/mol. The van der Waals surface area contributed by atoms with Crippen LogP contribution in [-0.4, -0.2) is 31.1 Å². The molecule has 9 nitrogen and oxygen atoms in total. The largest absolute Gasteiger partial charge is 0.505 e. The van der Waals surface area contributed by atoms with E-state index in [-0.39, 0.29) is 22.0 Å². The van der Waals surface area contributed by atoms with E-state index in [1.807, 2.05) is 0 Å². The Morgan fingerprint density at radius 1 is 1.00 bits per heavy atom. The smallest absolute Gasteiger partial charge is 0.298 e. The third kappa shape index (κ3) is 5.37. The number of benzene rings is 4. The van der Waals surface area contributed by atoms with Crippen molar-refractivity contribution in [1.82, 2.24) is 0 Å². The summed E-state index contributed by atoms with van der Waals surface area (Å²) < 4.78 is 38.9. The van der Waals surface area contributed by atoms with Crippen molar-refractivity contribution in [2.75, 3.05) is 12.4 Å². The SMILES string of the molecule is COc1cc(Cl)ccc1NC(=O)c1cc2ccccc2c(N=Nc2c(C)ccc(Cl)c2S(=O)(=O)O)c1O. The maximum Gasteiger partial charge on any atom is 0.298 e. The Bertz CT molecular complexity index is 1690. The number of halogens is 2. The Morgan fingerprint density at radius 3 is 2.41 bits per heavy atom. The van der Waals surface area contributed by atoms with Crippen LogP contribution >= 0.6 is 23.2 Å². The number of nitrogens with zero attached hydrogens (tertiary/aromatic N) is 2. The van der Waals surface area contributed by atoms with E-state index in [2.05, 4.69) is 15.5 Å². The second-order valence-corrected chi connectivity index (χ2v) is 10.1. The molecule has 0 radical (unpaired) electrons. The molecule has 0 unspecified atom stereocenters. The lowest BCUT2D eigenvalue weighted by atomic mass is 10.0. The zero-order chi connectivity index (χ0) is 26.9. The lowest BCUT2D eigenvalue weighted by molar-refractivity contribution is 0.102. The minimum Gasteiger partial charge on any atom is -0.505 e. The van der Waals surface area contributed by atoms with Crippen molar-refractivity contribution in [3.63, 3.8) is 0 Å². The maximum atomic E-state index is 13.2. The van der Waals surface area contributed by atoms with Crippen LogP contribution in [0.3, 0.4) is 0 Å². The van der Waals surface area contributed by atoms with Crippen LogP contribution in [0.15, 0.2) is 75.8 Å². The number of ether oxygens (including phenoxy) is 1. The van der Waals surface area contributed by atoms with Gasteiger partial charge in [-0.15, -0.1) is 10.2 Å². The van der Waals surface area contributed by atoms with Gasteiger partial charge in [0.1, 0.15) is 22.0 Å². The molecule has 0 fully saturated rings. The molecule has 4 rings (SSSR count). The first-order chi connectivity index (χ1) is 17.5. The van der Waals surface area contributed by atoms with Crippen molar-refractivity contribution >= 4 is 67.1 Å². The summed E-state index contributed by atoms with van der Waals surface area (Å²) in [6.45, 7) is 1.56. The molecule has 3 N–H and O–H groups in total. The lowest BCUT2D eigenvalue weighted by Crippen LogP contribution is -2.13. The van der Waals surface area contributed by atoms with E-state index in [4.69, 9.17) is 27.9 Å². The number of aromatic hydroxyl groups is 1. The number of rotatable bonds is 6. The first kappa shape index (κ1) is 26.4. The van der Waals surface area contributed by atoms with Crippen molar-refractivity contribution < 1.29 is 27.6 Å². The van der Waals surface area contributed by atoms with Gasteiger partial charge in [-0.05, 0) is 42.1 Å². The van der Waals surface area contributed by atoms with E-state index in [0.29, 0.717) is 32.8 Å². The van der Waals surface area contributed by atoms with Gasteiger partial charge in [-0.25, -0.2) is 0 Å². The number of carbonyl (C=O) groups excluding carboxylic acids is 1. The van der Waals surface area contributed by atoms with Crippen LogP contribution in [0.2, 0.25) is 10.0 Å². The van der Waals surface area contributed by atoms with Crippen LogP contribution in [0.4, 0.5) is 17.1 Å². The van der Waals surface area contributed by atoms with Crippen LogP contribution in [0.25, 0.3) is 10.8 Å². The predicted octanol–water partition coefficient (Wildman–Crippen LogP) is 7.08. The highest BCUT2D eigenvalue weighted by molar-refractivity contribution is 7.86. The summed E-state index contributed by atoms with van der Waals surface area (Å²) in [4.78, 5) is 12.6. The summed E-state index contributed by atoms with van der Waals surface area (Å²) in [5.74, 6) is -0.853. The van der Waals surface area contributed by atoms with E-state index in [0.717, 1.165) is 0 Å². The minimum absolute atomic E-state index is 0.0908. The maximum absolute atomic E-state index is 13.2. The van der Waals surface area contributed by atoms with Gasteiger partial charge in [-0.1, -0.05) is 53.5 Å². The summed E-state index contributed by atoms with van der Waals surface area (Å²) in [6, 6.07) is 15.7. The standard InChI is InChI=1S/C25H19Cl2N3O6S/c1-13-7-9-18(27)24(37(33,34)35)21(13)29-30-22-16-6-4-3-5-14(16)11-17(23(22)31)25(32)28-19-10-8-15(26)12-20(19)36-2/h3-12,31H,1-2H3,(H,28,32)(H,33,34,35). The van der Waals surface area contributed by atoms with Crippen molar-refractivity contribution in [2.24, 2.45) is 10.2 Å². The lowest BCUT2D eigenvalue weighted by Gasteiger charge is -2.13. The highest BCUT2D eigenvalue weighted by atomic mass is 35.5. The molecule has 0 aromatic heterocycles. The highest BCUT2D eigenvalue weighted by Crippen LogP contribution is 2.42. The number of azo groups is 1.